The first-order valence-electron chi connectivity index (χ1n) is 7.63. The monoisotopic (exact) mass is 284 g/mol. The smallest absolute Gasteiger partial charge is 0.271 e. The topological polar surface area (TPSA) is 62.2 Å². The third-order valence-corrected chi connectivity index (χ3v) is 4.54. The number of aliphatic hydroxyl groups is 1. The van der Waals surface area contributed by atoms with Crippen LogP contribution in [0.5, 0.6) is 0 Å². The molecule has 0 aliphatic heterocycles. The maximum atomic E-state index is 12.4. The molecule has 2 fully saturated rings. The molecule has 3 unspecified atom stereocenters. The Kier molecular flexibility index (Phi) is 4.21. The Morgan fingerprint density at radius 3 is 3.05 bits per heavy atom. The van der Waals surface area contributed by atoms with Gasteiger partial charge in [0.2, 0.25) is 0 Å². The molecule has 2 bridgehead atoms. The Bertz CT molecular complexity index is 588. The summed E-state index contributed by atoms with van der Waals surface area (Å²) < 4.78 is 0. The van der Waals surface area contributed by atoms with Crippen molar-refractivity contribution >= 4 is 5.91 Å². The minimum absolute atomic E-state index is 0.0277. The molecule has 0 saturated heterocycles. The number of hydrogen-bond acceptors (Lipinski definition) is 3. The summed E-state index contributed by atoms with van der Waals surface area (Å²) in [6, 6.07) is 3.88. The predicted octanol–water partition coefficient (Wildman–Crippen LogP) is 1.73. The fourth-order valence-electron chi connectivity index (χ4n) is 3.56. The van der Waals surface area contributed by atoms with Crippen LogP contribution in [0.25, 0.3) is 0 Å². The molecule has 2 N–H and O–H groups in total. The Morgan fingerprint density at radius 2 is 2.33 bits per heavy atom. The Hall–Kier alpha value is -1.86. The Morgan fingerprint density at radius 1 is 1.43 bits per heavy atom. The number of carbonyl (C=O) groups is 1. The fourth-order valence-corrected chi connectivity index (χ4v) is 3.56. The largest absolute Gasteiger partial charge is 0.395 e. The van der Waals surface area contributed by atoms with Crippen molar-refractivity contribution in [1.29, 1.82) is 0 Å². The van der Waals surface area contributed by atoms with Crippen LogP contribution in [0, 0.1) is 23.7 Å². The van der Waals surface area contributed by atoms with E-state index in [1.807, 2.05) is 0 Å². The van der Waals surface area contributed by atoms with Gasteiger partial charge < -0.3 is 10.4 Å². The number of pyridine rings is 1. The lowest BCUT2D eigenvalue weighted by Gasteiger charge is -2.22. The molecule has 2 aliphatic rings. The van der Waals surface area contributed by atoms with Crippen molar-refractivity contribution in [2.75, 3.05) is 6.61 Å². The molecule has 0 spiro atoms. The van der Waals surface area contributed by atoms with E-state index in [1.54, 1.807) is 18.3 Å². The van der Waals surface area contributed by atoms with Gasteiger partial charge in [-0.2, -0.15) is 0 Å². The molecule has 110 valence electrons. The van der Waals surface area contributed by atoms with Gasteiger partial charge in [-0.25, -0.2) is 4.98 Å². The van der Waals surface area contributed by atoms with E-state index in [0.717, 1.165) is 12.3 Å². The summed E-state index contributed by atoms with van der Waals surface area (Å²) in [7, 11) is 0. The van der Waals surface area contributed by atoms with Crippen molar-refractivity contribution in [3.63, 3.8) is 0 Å². The van der Waals surface area contributed by atoms with E-state index in [-0.39, 0.29) is 12.5 Å². The van der Waals surface area contributed by atoms with Crippen LogP contribution in [0.2, 0.25) is 0 Å². The van der Waals surface area contributed by atoms with Crippen molar-refractivity contribution in [1.82, 2.24) is 10.3 Å². The van der Waals surface area contributed by atoms with Crippen LogP contribution in [-0.4, -0.2) is 28.6 Å². The third-order valence-electron chi connectivity index (χ3n) is 4.54. The van der Waals surface area contributed by atoms with Crippen molar-refractivity contribution in [2.45, 2.75) is 38.1 Å². The quantitative estimate of drug-likeness (QED) is 0.831. The van der Waals surface area contributed by atoms with Crippen LogP contribution in [-0.2, 0) is 0 Å². The van der Waals surface area contributed by atoms with Crippen LogP contribution in [0.1, 0.15) is 48.2 Å². The fraction of sp³-hybridized carbons (Fsp3) is 0.529. The van der Waals surface area contributed by atoms with Crippen molar-refractivity contribution in [3.8, 4) is 11.8 Å². The molecule has 0 radical (unpaired) electrons. The third kappa shape index (κ3) is 3.08. The molecule has 4 nitrogen and oxygen atoms in total. The van der Waals surface area contributed by atoms with Gasteiger partial charge in [-0.3, -0.25) is 4.79 Å². The molecule has 2 aliphatic carbocycles. The summed E-state index contributed by atoms with van der Waals surface area (Å²) in [5, 5.41) is 11.9. The van der Waals surface area contributed by atoms with Gasteiger partial charge in [0.05, 0.1) is 12.2 Å². The second kappa shape index (κ2) is 6.28. The second-order valence-electron chi connectivity index (χ2n) is 5.93. The number of nitrogens with zero attached hydrogens (tertiary/aromatic N) is 1. The zero-order valence-corrected chi connectivity index (χ0v) is 12.0. The van der Waals surface area contributed by atoms with Crippen LogP contribution in [0.4, 0.5) is 0 Å². The normalized spacial score (nSPS) is 26.2. The highest BCUT2D eigenvalue weighted by Crippen LogP contribution is 2.44. The van der Waals surface area contributed by atoms with Gasteiger partial charge in [0.15, 0.2) is 0 Å². The molecular formula is C17H20N2O2. The summed E-state index contributed by atoms with van der Waals surface area (Å²) in [4.78, 5) is 16.6. The van der Waals surface area contributed by atoms with Crippen LogP contribution in [0.3, 0.4) is 0 Å². The van der Waals surface area contributed by atoms with E-state index in [0.29, 0.717) is 29.6 Å². The van der Waals surface area contributed by atoms with Crippen LogP contribution >= 0.6 is 0 Å². The molecule has 0 aromatic carbocycles. The highest BCUT2D eigenvalue weighted by molar-refractivity contribution is 5.95. The maximum absolute atomic E-state index is 12.4. The standard InChI is InChI=1S/C17H20N2O2/c20-9-2-1-4-13-5-3-8-18-16(13)17(21)19-15-11-12-6-7-14(15)10-12/h3,5,8,12,14-15,20H,2,6-7,9-11H2,(H,19,21). The summed E-state index contributed by atoms with van der Waals surface area (Å²) in [6.45, 7) is 0.0277. The van der Waals surface area contributed by atoms with Gasteiger partial charge in [0.1, 0.15) is 5.69 Å². The summed E-state index contributed by atoms with van der Waals surface area (Å²) in [5.41, 5.74) is 1.03. The number of fused-ring (bicyclic) bond motifs is 2. The van der Waals surface area contributed by atoms with Gasteiger partial charge in [-0.1, -0.05) is 18.3 Å². The van der Waals surface area contributed by atoms with Gasteiger partial charge in [0.25, 0.3) is 5.91 Å². The summed E-state index contributed by atoms with van der Waals surface area (Å²) in [5.74, 6) is 7.09. The lowest BCUT2D eigenvalue weighted by atomic mass is 9.95. The maximum Gasteiger partial charge on any atom is 0.271 e. The minimum atomic E-state index is -0.124. The average Bonchev–Trinajstić information content (AvgIpc) is 3.10. The lowest BCUT2D eigenvalue weighted by Crippen LogP contribution is -2.39. The second-order valence-corrected chi connectivity index (χ2v) is 5.93. The molecule has 21 heavy (non-hydrogen) atoms. The predicted molar refractivity (Wildman–Crippen MR) is 79.5 cm³/mol. The number of hydrogen-bond donors (Lipinski definition) is 2. The number of nitrogens with one attached hydrogen (secondary N) is 1. The molecule has 1 heterocycles. The zero-order valence-electron chi connectivity index (χ0n) is 12.0. The van der Waals surface area contributed by atoms with Crippen molar-refractivity contribution < 1.29 is 9.90 Å². The van der Waals surface area contributed by atoms with E-state index < -0.39 is 0 Å². The van der Waals surface area contributed by atoms with E-state index >= 15 is 0 Å². The molecule has 4 heteroatoms. The van der Waals surface area contributed by atoms with Gasteiger partial charge >= 0.3 is 0 Å². The molecular weight excluding hydrogens is 264 g/mol. The summed E-state index contributed by atoms with van der Waals surface area (Å²) in [6.07, 6.45) is 6.94. The molecule has 1 aromatic heterocycles. The van der Waals surface area contributed by atoms with Crippen molar-refractivity contribution in [2.24, 2.45) is 11.8 Å². The number of amides is 1. The number of rotatable bonds is 3. The van der Waals surface area contributed by atoms with E-state index in [2.05, 4.69) is 22.1 Å². The van der Waals surface area contributed by atoms with E-state index in [4.69, 9.17) is 5.11 Å². The molecule has 1 amide bonds. The van der Waals surface area contributed by atoms with E-state index in [9.17, 15) is 4.79 Å². The first-order chi connectivity index (χ1) is 10.3. The van der Waals surface area contributed by atoms with Crippen LogP contribution in [0.15, 0.2) is 18.3 Å². The van der Waals surface area contributed by atoms with Gasteiger partial charge in [-0.15, -0.1) is 0 Å². The first kappa shape index (κ1) is 14.1. The Balaban J connectivity index is 1.71. The van der Waals surface area contributed by atoms with Crippen molar-refractivity contribution in [3.05, 3.63) is 29.6 Å². The van der Waals surface area contributed by atoms with Gasteiger partial charge in [0, 0.05) is 18.7 Å². The average molecular weight is 284 g/mol. The lowest BCUT2D eigenvalue weighted by molar-refractivity contribution is 0.0917. The van der Waals surface area contributed by atoms with Gasteiger partial charge in [-0.05, 0) is 43.2 Å². The molecule has 2 saturated carbocycles. The highest BCUT2D eigenvalue weighted by Gasteiger charge is 2.40. The number of carbonyl (C=O) groups excluding carboxylic acids is 1. The highest BCUT2D eigenvalue weighted by atomic mass is 16.2. The first-order valence-corrected chi connectivity index (χ1v) is 7.63. The molecule has 3 rings (SSSR count). The number of aliphatic hydroxyl groups excluding tert-OH is 1. The Labute approximate surface area is 125 Å². The molecule has 3 atom stereocenters. The van der Waals surface area contributed by atoms with Crippen LogP contribution < -0.4 is 5.32 Å². The zero-order chi connectivity index (χ0) is 14.7. The molecule has 1 aromatic rings. The SMILES string of the molecule is O=C(NC1CC2CCC1C2)c1ncccc1C#CCCO. The van der Waals surface area contributed by atoms with E-state index in [1.165, 1.54) is 19.3 Å². The minimum Gasteiger partial charge on any atom is -0.395 e. The number of aromatic nitrogens is 1. The summed E-state index contributed by atoms with van der Waals surface area (Å²) >= 11 is 0.